The predicted octanol–water partition coefficient (Wildman–Crippen LogP) is 1.51. The number of likely N-dealkylation sites (N-methyl/N-ethyl adjacent to an activating group) is 1. The molecule has 9 heteroatoms. The molecular weight excluding hydrogens is 357 g/mol. The van der Waals surface area contributed by atoms with Crippen LogP contribution < -0.4 is 11.1 Å². The third kappa shape index (κ3) is 4.56. The number of hydrogen-bond acceptors (Lipinski definition) is 4. The second-order valence-electron chi connectivity index (χ2n) is 7.62. The molecule has 1 atom stereocenters. The van der Waals surface area contributed by atoms with E-state index >= 15 is 4.39 Å². The average Bonchev–Trinajstić information content (AvgIpc) is 3.23. The Kier molecular flexibility index (Phi) is 6.43. The quantitative estimate of drug-likeness (QED) is 0.545. The van der Waals surface area contributed by atoms with Crippen LogP contribution in [0.3, 0.4) is 0 Å². The number of amides is 3. The maximum atomic E-state index is 15.0. The summed E-state index contributed by atoms with van der Waals surface area (Å²) in [4.78, 5) is 49.2. The summed E-state index contributed by atoms with van der Waals surface area (Å²) in [5.74, 6) is -2.78. The van der Waals surface area contributed by atoms with E-state index in [4.69, 9.17) is 5.73 Å². The molecule has 27 heavy (non-hydrogen) atoms. The Hall–Kier alpha value is -2.19. The van der Waals surface area contributed by atoms with Crippen LogP contribution in [0.15, 0.2) is 0 Å². The van der Waals surface area contributed by atoms with Gasteiger partial charge in [0.05, 0.1) is 0 Å². The number of carboxylic acid groups (broad SMARTS) is 1. The largest absolute Gasteiger partial charge is 0.465 e. The number of carbonyl (C=O) groups is 4. The number of halogens is 1. The molecule has 0 aromatic rings. The smallest absolute Gasteiger partial charge is 0.407 e. The Labute approximate surface area is 157 Å². The summed E-state index contributed by atoms with van der Waals surface area (Å²) < 4.78 is 15.0. The van der Waals surface area contributed by atoms with Crippen molar-refractivity contribution in [2.24, 2.45) is 5.73 Å². The molecule has 0 spiro atoms. The SMILES string of the molecule is CCN(C(=O)O)C(CC1(F)CCCC1)C(=O)NC1(C(=O)C(N)=O)CCCC1. The Morgan fingerprint density at radius 3 is 2.07 bits per heavy atom. The van der Waals surface area contributed by atoms with Crippen molar-refractivity contribution in [2.45, 2.75) is 82.0 Å². The lowest BCUT2D eigenvalue weighted by Gasteiger charge is -2.35. The summed E-state index contributed by atoms with van der Waals surface area (Å²) in [6.45, 7) is 1.56. The third-order valence-corrected chi connectivity index (χ3v) is 5.80. The fourth-order valence-corrected chi connectivity index (χ4v) is 4.34. The van der Waals surface area contributed by atoms with Crippen molar-refractivity contribution in [3.05, 3.63) is 0 Å². The van der Waals surface area contributed by atoms with Crippen LogP contribution in [0.4, 0.5) is 9.18 Å². The molecule has 0 bridgehead atoms. The molecule has 152 valence electrons. The summed E-state index contributed by atoms with van der Waals surface area (Å²) in [7, 11) is 0. The number of nitrogens with two attached hydrogens (primary N) is 1. The van der Waals surface area contributed by atoms with E-state index in [-0.39, 0.29) is 38.6 Å². The van der Waals surface area contributed by atoms with Gasteiger partial charge in [0.1, 0.15) is 17.2 Å². The van der Waals surface area contributed by atoms with Crippen molar-refractivity contribution in [1.29, 1.82) is 0 Å². The van der Waals surface area contributed by atoms with E-state index in [1.54, 1.807) is 6.92 Å². The Morgan fingerprint density at radius 1 is 1.11 bits per heavy atom. The zero-order chi connectivity index (χ0) is 20.2. The monoisotopic (exact) mass is 385 g/mol. The number of carbonyl (C=O) groups excluding carboxylic acids is 3. The topological polar surface area (TPSA) is 130 Å². The first kappa shape index (κ1) is 21.1. The lowest BCUT2D eigenvalue weighted by atomic mass is 9.89. The highest BCUT2D eigenvalue weighted by Gasteiger charge is 2.48. The molecule has 0 saturated heterocycles. The maximum absolute atomic E-state index is 15.0. The molecule has 0 heterocycles. The number of hydrogen-bond donors (Lipinski definition) is 3. The van der Waals surface area contributed by atoms with E-state index in [0.717, 1.165) is 4.90 Å². The van der Waals surface area contributed by atoms with Crippen molar-refractivity contribution in [1.82, 2.24) is 10.2 Å². The van der Waals surface area contributed by atoms with Crippen LogP contribution in [-0.2, 0) is 14.4 Å². The highest BCUT2D eigenvalue weighted by Crippen LogP contribution is 2.38. The van der Waals surface area contributed by atoms with Crippen molar-refractivity contribution in [3.63, 3.8) is 0 Å². The highest BCUT2D eigenvalue weighted by molar-refractivity contribution is 6.39. The molecule has 0 radical (unpaired) electrons. The second kappa shape index (κ2) is 8.22. The van der Waals surface area contributed by atoms with Gasteiger partial charge in [-0.1, -0.05) is 25.7 Å². The molecule has 2 saturated carbocycles. The van der Waals surface area contributed by atoms with Crippen LogP contribution in [-0.4, -0.2) is 57.5 Å². The molecule has 2 rings (SSSR count). The standard InChI is InChI=1S/C18H28FN3O5/c1-2-22(16(26)27)12(11-17(19)7-3-4-8-17)15(25)21-18(9-5-6-10-18)13(23)14(20)24/h12H,2-11H2,1H3,(H2,20,24)(H,21,25)(H,26,27). The Bertz CT molecular complexity index is 612. The summed E-state index contributed by atoms with van der Waals surface area (Å²) in [6, 6.07) is -1.27. The molecular formula is C18H28FN3O5. The van der Waals surface area contributed by atoms with Crippen molar-refractivity contribution in [3.8, 4) is 0 Å². The van der Waals surface area contributed by atoms with Gasteiger partial charge in [-0.25, -0.2) is 9.18 Å². The van der Waals surface area contributed by atoms with Crippen LogP contribution in [0.1, 0.15) is 64.7 Å². The van der Waals surface area contributed by atoms with E-state index < -0.39 is 40.9 Å². The first-order valence-corrected chi connectivity index (χ1v) is 9.49. The summed E-state index contributed by atoms with van der Waals surface area (Å²) >= 11 is 0. The molecule has 0 aromatic heterocycles. The van der Waals surface area contributed by atoms with Crippen LogP contribution in [0.25, 0.3) is 0 Å². The van der Waals surface area contributed by atoms with E-state index in [0.29, 0.717) is 25.7 Å². The lowest BCUT2D eigenvalue weighted by Crippen LogP contribution is -2.61. The zero-order valence-electron chi connectivity index (χ0n) is 15.6. The molecule has 4 N–H and O–H groups in total. The number of nitrogens with one attached hydrogen (secondary N) is 1. The molecule has 2 aliphatic rings. The molecule has 1 unspecified atom stereocenters. The molecule has 8 nitrogen and oxygen atoms in total. The maximum Gasteiger partial charge on any atom is 0.407 e. The lowest BCUT2D eigenvalue weighted by molar-refractivity contribution is -0.142. The number of alkyl halides is 1. The van der Waals surface area contributed by atoms with Crippen molar-refractivity contribution in [2.75, 3.05) is 6.54 Å². The van der Waals surface area contributed by atoms with E-state index in [2.05, 4.69) is 5.32 Å². The van der Waals surface area contributed by atoms with Crippen LogP contribution in [0, 0.1) is 0 Å². The second-order valence-corrected chi connectivity index (χ2v) is 7.62. The van der Waals surface area contributed by atoms with E-state index in [1.807, 2.05) is 0 Å². The summed E-state index contributed by atoms with van der Waals surface area (Å²) in [5.41, 5.74) is 2.11. The zero-order valence-corrected chi connectivity index (χ0v) is 15.6. The minimum atomic E-state index is -1.61. The number of rotatable bonds is 8. The van der Waals surface area contributed by atoms with Gasteiger partial charge in [0.25, 0.3) is 5.91 Å². The van der Waals surface area contributed by atoms with Gasteiger partial charge in [0.15, 0.2) is 0 Å². The first-order valence-electron chi connectivity index (χ1n) is 9.49. The molecule has 2 aliphatic carbocycles. The predicted molar refractivity (Wildman–Crippen MR) is 94.7 cm³/mol. The fourth-order valence-electron chi connectivity index (χ4n) is 4.34. The third-order valence-electron chi connectivity index (χ3n) is 5.80. The molecule has 0 aromatic carbocycles. The van der Waals surface area contributed by atoms with Gasteiger partial charge >= 0.3 is 6.09 Å². The summed E-state index contributed by atoms with van der Waals surface area (Å²) in [6.07, 6.45) is 2.11. The van der Waals surface area contributed by atoms with Crippen LogP contribution in [0.2, 0.25) is 0 Å². The number of ketones is 1. The van der Waals surface area contributed by atoms with Gasteiger partial charge in [-0.2, -0.15) is 0 Å². The van der Waals surface area contributed by atoms with Gasteiger partial charge in [-0.15, -0.1) is 0 Å². The number of primary amides is 1. The number of Topliss-reactive ketones (excluding diaryl/α,β-unsaturated/α-hetero) is 1. The van der Waals surface area contributed by atoms with Crippen LogP contribution >= 0.6 is 0 Å². The molecule has 0 aliphatic heterocycles. The Balaban J connectivity index is 2.27. The minimum Gasteiger partial charge on any atom is -0.465 e. The van der Waals surface area contributed by atoms with Crippen molar-refractivity contribution < 1.29 is 28.7 Å². The first-order chi connectivity index (χ1) is 12.6. The number of nitrogens with zero attached hydrogens (tertiary/aromatic N) is 1. The normalized spacial score (nSPS) is 21.4. The van der Waals surface area contributed by atoms with Gasteiger partial charge in [0.2, 0.25) is 11.7 Å². The van der Waals surface area contributed by atoms with Gasteiger partial charge in [-0.05, 0) is 32.6 Å². The minimum absolute atomic E-state index is 0.000264. The van der Waals surface area contributed by atoms with E-state index in [1.165, 1.54) is 0 Å². The Morgan fingerprint density at radius 2 is 1.63 bits per heavy atom. The average molecular weight is 385 g/mol. The van der Waals surface area contributed by atoms with Crippen molar-refractivity contribution >= 4 is 23.7 Å². The molecule has 3 amide bonds. The van der Waals surface area contributed by atoms with Gasteiger partial charge < -0.3 is 16.2 Å². The van der Waals surface area contributed by atoms with Gasteiger partial charge in [0, 0.05) is 13.0 Å². The summed E-state index contributed by atoms with van der Waals surface area (Å²) in [5, 5.41) is 12.0. The fraction of sp³-hybridized carbons (Fsp3) is 0.778. The molecule has 2 fully saturated rings. The highest BCUT2D eigenvalue weighted by atomic mass is 19.1. The van der Waals surface area contributed by atoms with Gasteiger partial charge in [-0.3, -0.25) is 19.3 Å². The van der Waals surface area contributed by atoms with E-state index in [9.17, 15) is 24.3 Å². The van der Waals surface area contributed by atoms with Crippen LogP contribution in [0.5, 0.6) is 0 Å².